The number of benzene rings is 1. The van der Waals surface area contributed by atoms with Crippen molar-refractivity contribution in [2.75, 3.05) is 33.4 Å². The van der Waals surface area contributed by atoms with E-state index < -0.39 is 0 Å². The molecule has 0 aliphatic carbocycles. The van der Waals surface area contributed by atoms with Gasteiger partial charge in [-0.25, -0.2) is 4.39 Å². The number of carbonyl (C=O) groups excluding carboxylic acids is 1. The zero-order valence-corrected chi connectivity index (χ0v) is 12.0. The average molecular weight is 280 g/mol. The molecule has 0 radical (unpaired) electrons. The Morgan fingerprint density at radius 2 is 2.05 bits per heavy atom. The molecule has 0 spiro atoms. The molecule has 1 aromatic carbocycles. The number of rotatable bonds is 4. The van der Waals surface area contributed by atoms with Crippen molar-refractivity contribution < 1.29 is 13.9 Å². The maximum absolute atomic E-state index is 12.9. The van der Waals surface area contributed by atoms with Crippen molar-refractivity contribution in [2.45, 2.75) is 19.5 Å². The largest absolute Gasteiger partial charge is 0.382 e. The Bertz CT molecular complexity index is 450. The van der Waals surface area contributed by atoms with E-state index in [9.17, 15) is 9.18 Å². The van der Waals surface area contributed by atoms with Crippen LogP contribution < -0.4 is 0 Å². The summed E-state index contributed by atoms with van der Waals surface area (Å²) < 4.78 is 18.1. The Labute approximate surface area is 119 Å². The summed E-state index contributed by atoms with van der Waals surface area (Å²) in [6, 6.07) is 6.66. The molecule has 1 saturated heterocycles. The van der Waals surface area contributed by atoms with Gasteiger partial charge >= 0.3 is 0 Å². The van der Waals surface area contributed by atoms with E-state index in [1.54, 1.807) is 26.2 Å². The number of hydrogen-bond donors (Lipinski definition) is 0. The maximum Gasteiger partial charge on any atom is 0.219 e. The van der Waals surface area contributed by atoms with Gasteiger partial charge in [-0.05, 0) is 17.7 Å². The van der Waals surface area contributed by atoms with Crippen molar-refractivity contribution in [1.82, 2.24) is 9.80 Å². The topological polar surface area (TPSA) is 32.8 Å². The summed E-state index contributed by atoms with van der Waals surface area (Å²) in [5.41, 5.74) is 1.08. The summed E-state index contributed by atoms with van der Waals surface area (Å²) >= 11 is 0. The van der Waals surface area contributed by atoms with Crippen molar-refractivity contribution in [1.29, 1.82) is 0 Å². The van der Waals surface area contributed by atoms with Crippen LogP contribution >= 0.6 is 0 Å². The number of ether oxygens (including phenoxy) is 1. The molecular weight excluding hydrogens is 259 g/mol. The predicted molar refractivity (Wildman–Crippen MR) is 74.7 cm³/mol. The Morgan fingerprint density at radius 3 is 2.65 bits per heavy atom. The molecule has 1 aromatic rings. The molecule has 1 fully saturated rings. The number of halogens is 1. The number of carbonyl (C=O) groups is 1. The lowest BCUT2D eigenvalue weighted by Gasteiger charge is -2.40. The van der Waals surface area contributed by atoms with Gasteiger partial charge in [0.05, 0.1) is 12.6 Å². The zero-order chi connectivity index (χ0) is 14.5. The Hall–Kier alpha value is -1.46. The second-order valence-electron chi connectivity index (χ2n) is 5.18. The van der Waals surface area contributed by atoms with Gasteiger partial charge in [0.25, 0.3) is 0 Å². The summed E-state index contributed by atoms with van der Waals surface area (Å²) in [6.45, 7) is 5.23. The number of methoxy groups -OCH3 is 1. The third-order valence-electron chi connectivity index (χ3n) is 3.65. The van der Waals surface area contributed by atoms with Crippen LogP contribution in [0, 0.1) is 5.82 Å². The van der Waals surface area contributed by atoms with E-state index >= 15 is 0 Å². The van der Waals surface area contributed by atoms with Crippen LogP contribution in [-0.2, 0) is 16.1 Å². The summed E-state index contributed by atoms with van der Waals surface area (Å²) in [4.78, 5) is 15.7. The van der Waals surface area contributed by atoms with Gasteiger partial charge in [-0.1, -0.05) is 12.1 Å². The summed E-state index contributed by atoms with van der Waals surface area (Å²) in [5.74, 6) is -0.124. The highest BCUT2D eigenvalue weighted by Crippen LogP contribution is 2.14. The van der Waals surface area contributed by atoms with Crippen molar-refractivity contribution >= 4 is 5.91 Å². The molecule has 1 amide bonds. The molecule has 5 heteroatoms. The molecule has 1 heterocycles. The lowest BCUT2D eigenvalue weighted by molar-refractivity contribution is -0.135. The molecule has 110 valence electrons. The van der Waals surface area contributed by atoms with Gasteiger partial charge in [0, 0.05) is 40.2 Å². The van der Waals surface area contributed by atoms with Crippen LogP contribution in [0.5, 0.6) is 0 Å². The quantitative estimate of drug-likeness (QED) is 0.838. The molecule has 0 bridgehead atoms. The van der Waals surface area contributed by atoms with Gasteiger partial charge in [-0.2, -0.15) is 0 Å². The minimum absolute atomic E-state index is 0.0895. The lowest BCUT2D eigenvalue weighted by atomic mass is 10.1. The molecule has 0 aromatic heterocycles. The molecule has 0 N–H and O–H groups in total. The fourth-order valence-electron chi connectivity index (χ4n) is 2.66. The monoisotopic (exact) mass is 280 g/mol. The van der Waals surface area contributed by atoms with Gasteiger partial charge in [0.2, 0.25) is 5.91 Å². The average Bonchev–Trinajstić information content (AvgIpc) is 2.42. The standard InChI is InChI=1S/C15H21FN2O2/c1-12(19)18-8-7-17(10-15(18)11-20-2)9-13-3-5-14(16)6-4-13/h3-6,15H,7-11H2,1-2H3/t15-/m1/s1. The summed E-state index contributed by atoms with van der Waals surface area (Å²) in [5, 5.41) is 0. The van der Waals surface area contributed by atoms with Gasteiger partial charge in [-0.3, -0.25) is 9.69 Å². The fourth-order valence-corrected chi connectivity index (χ4v) is 2.66. The molecule has 0 saturated carbocycles. The van der Waals surface area contributed by atoms with Crippen LogP contribution in [0.4, 0.5) is 4.39 Å². The third kappa shape index (κ3) is 3.77. The predicted octanol–water partition coefficient (Wildman–Crippen LogP) is 1.50. The van der Waals surface area contributed by atoms with Crippen LogP contribution in [0.3, 0.4) is 0 Å². The minimum atomic E-state index is -0.215. The maximum atomic E-state index is 12.9. The van der Waals surface area contributed by atoms with Crippen LogP contribution in [0.1, 0.15) is 12.5 Å². The van der Waals surface area contributed by atoms with Gasteiger partial charge in [-0.15, -0.1) is 0 Å². The Morgan fingerprint density at radius 1 is 1.35 bits per heavy atom. The van der Waals surface area contributed by atoms with E-state index in [1.165, 1.54) is 12.1 Å². The smallest absolute Gasteiger partial charge is 0.219 e. The number of piperazine rings is 1. The van der Waals surface area contributed by atoms with Crippen molar-refractivity contribution in [3.05, 3.63) is 35.6 Å². The first-order valence-corrected chi connectivity index (χ1v) is 6.83. The number of hydrogen-bond acceptors (Lipinski definition) is 3. The van der Waals surface area contributed by atoms with Crippen molar-refractivity contribution in [3.63, 3.8) is 0 Å². The summed E-state index contributed by atoms with van der Waals surface area (Å²) in [6.07, 6.45) is 0. The van der Waals surface area contributed by atoms with Crippen LogP contribution in [0.2, 0.25) is 0 Å². The van der Waals surface area contributed by atoms with Gasteiger partial charge in [0.1, 0.15) is 5.82 Å². The number of nitrogens with zero attached hydrogens (tertiary/aromatic N) is 2. The van der Waals surface area contributed by atoms with Crippen molar-refractivity contribution in [3.8, 4) is 0 Å². The molecular formula is C15H21FN2O2. The van der Waals surface area contributed by atoms with Crippen LogP contribution in [0.25, 0.3) is 0 Å². The first-order valence-electron chi connectivity index (χ1n) is 6.83. The Kier molecular flexibility index (Phi) is 5.09. The van der Waals surface area contributed by atoms with Gasteiger partial charge < -0.3 is 9.64 Å². The Balaban J connectivity index is 1.97. The number of amides is 1. The van der Waals surface area contributed by atoms with E-state index in [0.717, 1.165) is 25.2 Å². The molecule has 1 aliphatic rings. The molecule has 20 heavy (non-hydrogen) atoms. The molecule has 1 atom stereocenters. The van der Waals surface area contributed by atoms with Crippen LogP contribution in [-0.4, -0.2) is 55.1 Å². The van der Waals surface area contributed by atoms with Crippen LogP contribution in [0.15, 0.2) is 24.3 Å². The second kappa shape index (κ2) is 6.81. The summed E-state index contributed by atoms with van der Waals surface area (Å²) in [7, 11) is 1.65. The molecule has 1 aliphatic heterocycles. The van der Waals surface area contributed by atoms with Gasteiger partial charge in [0.15, 0.2) is 0 Å². The highest BCUT2D eigenvalue weighted by molar-refractivity contribution is 5.73. The SMILES string of the molecule is COC[C@H]1CN(Cc2ccc(F)cc2)CCN1C(C)=O. The van der Waals surface area contributed by atoms with Crippen molar-refractivity contribution in [2.24, 2.45) is 0 Å². The normalized spacial score (nSPS) is 20.1. The van der Waals surface area contributed by atoms with E-state index in [0.29, 0.717) is 13.2 Å². The minimum Gasteiger partial charge on any atom is -0.382 e. The third-order valence-corrected chi connectivity index (χ3v) is 3.65. The first kappa shape index (κ1) is 14.9. The van der Waals surface area contributed by atoms with E-state index in [4.69, 9.17) is 4.74 Å². The van der Waals surface area contributed by atoms with E-state index in [-0.39, 0.29) is 17.8 Å². The zero-order valence-electron chi connectivity index (χ0n) is 12.0. The second-order valence-corrected chi connectivity index (χ2v) is 5.18. The van der Waals surface area contributed by atoms with E-state index in [1.807, 2.05) is 4.90 Å². The first-order chi connectivity index (χ1) is 9.60. The highest BCUT2D eigenvalue weighted by atomic mass is 19.1. The lowest BCUT2D eigenvalue weighted by Crippen LogP contribution is -2.55. The van der Waals surface area contributed by atoms with E-state index in [2.05, 4.69) is 4.90 Å². The molecule has 4 nitrogen and oxygen atoms in total. The fraction of sp³-hybridized carbons (Fsp3) is 0.533. The highest BCUT2D eigenvalue weighted by Gasteiger charge is 2.28. The molecule has 0 unspecified atom stereocenters. The molecule has 2 rings (SSSR count).